The van der Waals surface area contributed by atoms with E-state index in [-0.39, 0.29) is 4.90 Å². The molecule has 0 aliphatic heterocycles. The zero-order valence-corrected chi connectivity index (χ0v) is 14.5. The zero-order valence-electron chi connectivity index (χ0n) is 13.7. The molecular formula is C18H17N3O3S. The van der Waals surface area contributed by atoms with Crippen molar-refractivity contribution in [1.82, 2.24) is 13.9 Å². The molecule has 4 rings (SSSR count). The smallest absolute Gasteiger partial charge is 0.269 e. The molecule has 0 amide bonds. The van der Waals surface area contributed by atoms with Crippen molar-refractivity contribution < 1.29 is 13.2 Å². The van der Waals surface area contributed by atoms with E-state index in [1.54, 1.807) is 36.5 Å². The Balaban J connectivity index is 2.03. The third-order valence-electron chi connectivity index (χ3n) is 4.40. The molecule has 0 saturated carbocycles. The van der Waals surface area contributed by atoms with Crippen LogP contribution >= 0.6 is 0 Å². The molecule has 0 saturated heterocycles. The number of rotatable bonds is 4. The second-order valence-corrected chi connectivity index (χ2v) is 7.67. The summed E-state index contributed by atoms with van der Waals surface area (Å²) in [7, 11) is -2.23. The molecule has 2 aromatic heterocycles. The van der Waals surface area contributed by atoms with Crippen LogP contribution in [0, 0.1) is 0 Å². The minimum Gasteiger partial charge on any atom is -0.480 e. The molecule has 2 heterocycles. The van der Waals surface area contributed by atoms with E-state index in [2.05, 4.69) is 16.0 Å². The Bertz CT molecular complexity index is 1070. The molecule has 0 bridgehead atoms. The van der Waals surface area contributed by atoms with Gasteiger partial charge >= 0.3 is 0 Å². The molecule has 0 N–H and O–H groups in total. The van der Waals surface area contributed by atoms with Crippen LogP contribution in [-0.4, -0.2) is 29.5 Å². The predicted octanol–water partition coefficient (Wildman–Crippen LogP) is 3.24. The lowest BCUT2D eigenvalue weighted by Gasteiger charge is -2.07. The van der Waals surface area contributed by atoms with Crippen molar-refractivity contribution in [3.63, 3.8) is 0 Å². The first-order valence-electron chi connectivity index (χ1n) is 8.03. The largest absolute Gasteiger partial charge is 0.480 e. The molecule has 0 atom stereocenters. The molecular weight excluding hydrogens is 338 g/mol. The first kappa shape index (κ1) is 15.8. The summed E-state index contributed by atoms with van der Waals surface area (Å²) >= 11 is 0. The third-order valence-corrected chi connectivity index (χ3v) is 6.06. The fraction of sp³-hybridized carbons (Fsp3) is 0.222. The number of fused-ring (bicyclic) bond motifs is 1. The summed E-state index contributed by atoms with van der Waals surface area (Å²) in [6.45, 7) is 0. The van der Waals surface area contributed by atoms with E-state index in [0.717, 1.165) is 30.4 Å². The molecule has 0 fully saturated rings. The number of benzene rings is 1. The van der Waals surface area contributed by atoms with E-state index in [1.807, 2.05) is 0 Å². The Morgan fingerprint density at radius 1 is 1.16 bits per heavy atom. The minimum atomic E-state index is -3.76. The van der Waals surface area contributed by atoms with Crippen LogP contribution in [0.15, 0.2) is 53.8 Å². The Morgan fingerprint density at radius 2 is 1.96 bits per heavy atom. The van der Waals surface area contributed by atoms with Crippen molar-refractivity contribution in [2.24, 2.45) is 0 Å². The average Bonchev–Trinajstić information content (AvgIpc) is 3.29. The summed E-state index contributed by atoms with van der Waals surface area (Å²) in [4.78, 5) is 8.61. The zero-order chi connectivity index (χ0) is 17.4. The van der Waals surface area contributed by atoms with Crippen molar-refractivity contribution in [1.29, 1.82) is 0 Å². The fourth-order valence-corrected chi connectivity index (χ4v) is 4.55. The van der Waals surface area contributed by atoms with Gasteiger partial charge in [-0.25, -0.2) is 22.4 Å². The van der Waals surface area contributed by atoms with Gasteiger partial charge in [-0.1, -0.05) is 24.3 Å². The number of allylic oxidation sites excluding steroid dienone is 2. The second-order valence-electron chi connectivity index (χ2n) is 5.86. The predicted molar refractivity (Wildman–Crippen MR) is 94.9 cm³/mol. The van der Waals surface area contributed by atoms with Gasteiger partial charge in [0, 0.05) is 11.8 Å². The normalized spacial score (nSPS) is 14.7. The number of nitrogens with zero attached hydrogens (tertiary/aromatic N) is 3. The molecule has 1 aliphatic carbocycles. The fourth-order valence-electron chi connectivity index (χ4n) is 3.21. The van der Waals surface area contributed by atoms with E-state index < -0.39 is 10.0 Å². The molecule has 1 aromatic carbocycles. The Labute approximate surface area is 145 Å². The van der Waals surface area contributed by atoms with Gasteiger partial charge in [0.05, 0.1) is 17.4 Å². The van der Waals surface area contributed by atoms with Gasteiger partial charge in [-0.05, 0) is 37.0 Å². The van der Waals surface area contributed by atoms with Gasteiger partial charge in [-0.15, -0.1) is 0 Å². The number of hydrogen-bond acceptors (Lipinski definition) is 5. The lowest BCUT2D eigenvalue weighted by atomic mass is 10.1. The molecule has 3 aromatic rings. The summed E-state index contributed by atoms with van der Waals surface area (Å²) in [5.41, 5.74) is 2.27. The van der Waals surface area contributed by atoms with Crippen LogP contribution in [0.2, 0.25) is 0 Å². The molecule has 1 aliphatic rings. The quantitative estimate of drug-likeness (QED) is 0.718. The van der Waals surface area contributed by atoms with Gasteiger partial charge in [0.25, 0.3) is 10.0 Å². The van der Waals surface area contributed by atoms with Crippen molar-refractivity contribution in [2.75, 3.05) is 7.11 Å². The number of hydrogen-bond donors (Lipinski definition) is 0. The summed E-state index contributed by atoms with van der Waals surface area (Å²) in [5, 5.41) is 0.637. The van der Waals surface area contributed by atoms with Gasteiger partial charge in [-0.3, -0.25) is 0 Å². The van der Waals surface area contributed by atoms with E-state index in [0.29, 0.717) is 16.9 Å². The monoisotopic (exact) mass is 355 g/mol. The van der Waals surface area contributed by atoms with Crippen molar-refractivity contribution in [3.05, 3.63) is 54.5 Å². The Kier molecular flexibility index (Phi) is 3.80. The maximum atomic E-state index is 13.1. The van der Waals surface area contributed by atoms with Crippen LogP contribution in [0.4, 0.5) is 0 Å². The van der Waals surface area contributed by atoms with Crippen molar-refractivity contribution in [3.8, 4) is 5.88 Å². The topological polar surface area (TPSA) is 74.1 Å². The Hall–Kier alpha value is -2.67. The highest BCUT2D eigenvalue weighted by Crippen LogP contribution is 2.37. The first-order chi connectivity index (χ1) is 12.1. The first-order valence-corrected chi connectivity index (χ1v) is 9.47. The number of ether oxygens (including phenoxy) is 1. The lowest BCUT2D eigenvalue weighted by Crippen LogP contribution is -2.12. The molecule has 0 radical (unpaired) electrons. The van der Waals surface area contributed by atoms with Gasteiger partial charge < -0.3 is 4.74 Å². The third kappa shape index (κ3) is 2.51. The van der Waals surface area contributed by atoms with Crippen LogP contribution in [-0.2, 0) is 10.0 Å². The van der Waals surface area contributed by atoms with E-state index in [9.17, 15) is 8.42 Å². The maximum absolute atomic E-state index is 13.1. The summed E-state index contributed by atoms with van der Waals surface area (Å²) in [5.74, 6) is 0.384. The van der Waals surface area contributed by atoms with Gasteiger partial charge in [0.2, 0.25) is 5.88 Å². The summed E-state index contributed by atoms with van der Waals surface area (Å²) in [6.07, 6.45) is 8.06. The molecule has 7 heteroatoms. The van der Waals surface area contributed by atoms with Gasteiger partial charge in [-0.2, -0.15) is 0 Å². The minimum absolute atomic E-state index is 0.219. The molecule has 0 unspecified atom stereocenters. The highest BCUT2D eigenvalue weighted by Gasteiger charge is 2.26. The highest BCUT2D eigenvalue weighted by molar-refractivity contribution is 7.90. The van der Waals surface area contributed by atoms with Crippen LogP contribution in [0.25, 0.3) is 16.6 Å². The average molecular weight is 355 g/mol. The lowest BCUT2D eigenvalue weighted by molar-refractivity contribution is 0.402. The van der Waals surface area contributed by atoms with E-state index in [4.69, 9.17) is 4.74 Å². The molecule has 6 nitrogen and oxygen atoms in total. The van der Waals surface area contributed by atoms with Crippen LogP contribution in [0.5, 0.6) is 5.88 Å². The molecule has 0 spiro atoms. The SMILES string of the molecule is COc1ncnc2c1c(C1=CCCC1)cn2S(=O)(=O)c1ccccc1. The van der Waals surface area contributed by atoms with Crippen LogP contribution in [0.1, 0.15) is 24.8 Å². The highest BCUT2D eigenvalue weighted by atomic mass is 32.2. The van der Waals surface area contributed by atoms with E-state index >= 15 is 0 Å². The summed E-state index contributed by atoms with van der Waals surface area (Å²) < 4.78 is 32.8. The van der Waals surface area contributed by atoms with Crippen molar-refractivity contribution >= 4 is 26.6 Å². The maximum Gasteiger partial charge on any atom is 0.269 e. The summed E-state index contributed by atoms with van der Waals surface area (Å²) in [6, 6.07) is 8.35. The van der Waals surface area contributed by atoms with Gasteiger partial charge in [0.1, 0.15) is 6.33 Å². The van der Waals surface area contributed by atoms with Crippen molar-refractivity contribution in [2.45, 2.75) is 24.2 Å². The molecule has 25 heavy (non-hydrogen) atoms. The number of methoxy groups -OCH3 is 1. The standard InChI is InChI=1S/C18H17N3O3S/c1-24-18-16-15(13-7-5-6-8-13)11-21(17(16)19-12-20-18)25(22,23)14-9-3-2-4-10-14/h2-4,7,9-12H,5-6,8H2,1H3. The molecule has 128 valence electrons. The van der Waals surface area contributed by atoms with E-state index in [1.165, 1.54) is 17.4 Å². The van der Waals surface area contributed by atoms with Crippen LogP contribution < -0.4 is 4.74 Å². The van der Waals surface area contributed by atoms with Gasteiger partial charge in [0.15, 0.2) is 5.65 Å². The number of aromatic nitrogens is 3. The Morgan fingerprint density at radius 3 is 2.64 bits per heavy atom. The second kappa shape index (κ2) is 6.00. The van der Waals surface area contributed by atoms with Crippen LogP contribution in [0.3, 0.4) is 0 Å².